The van der Waals surface area contributed by atoms with Crippen molar-refractivity contribution < 1.29 is 9.59 Å². The predicted molar refractivity (Wildman–Crippen MR) is 55.9 cm³/mol. The Kier molecular flexibility index (Phi) is 3.05. The first-order valence-electron chi connectivity index (χ1n) is 5.73. The molecule has 2 fully saturated rings. The number of hydrogen-bond donors (Lipinski definition) is 1. The second kappa shape index (κ2) is 4.31. The van der Waals surface area contributed by atoms with Crippen LogP contribution in [-0.2, 0) is 9.59 Å². The molecule has 0 aromatic carbocycles. The third-order valence-corrected chi connectivity index (χ3v) is 3.42. The van der Waals surface area contributed by atoms with E-state index >= 15 is 0 Å². The van der Waals surface area contributed by atoms with E-state index in [1.165, 1.54) is 19.3 Å². The molecule has 0 bridgehead atoms. The maximum absolute atomic E-state index is 11.6. The van der Waals surface area contributed by atoms with E-state index in [0.717, 1.165) is 0 Å². The van der Waals surface area contributed by atoms with Crippen LogP contribution in [0.4, 0.5) is 0 Å². The first kappa shape index (κ1) is 10.6. The second-order valence-electron chi connectivity index (χ2n) is 4.63. The molecular formula is C11H18N2O2. The van der Waals surface area contributed by atoms with Gasteiger partial charge in [0.05, 0.1) is 0 Å². The number of nitrogens with zero attached hydrogens (tertiary/aromatic N) is 1. The standard InChI is InChI=1S/C11H18N2O2/c1-8(14)5-6-13-11(15)7-10(12-13)9-3-2-4-9/h9-10,12H,2-7H2,1H3. The highest BCUT2D eigenvalue weighted by Gasteiger charge is 2.36. The highest BCUT2D eigenvalue weighted by molar-refractivity contribution is 5.80. The van der Waals surface area contributed by atoms with Gasteiger partial charge in [0, 0.05) is 25.4 Å². The summed E-state index contributed by atoms with van der Waals surface area (Å²) in [4.78, 5) is 22.4. The predicted octanol–water partition coefficient (Wildman–Crippen LogP) is 0.871. The third kappa shape index (κ3) is 2.37. The Balaban J connectivity index is 1.81. The number of Topliss-reactive ketones (excluding diaryl/α,β-unsaturated/α-hetero) is 1. The number of rotatable bonds is 4. The molecule has 1 saturated heterocycles. The van der Waals surface area contributed by atoms with Crippen molar-refractivity contribution in [2.75, 3.05) is 6.54 Å². The molecule has 1 heterocycles. The van der Waals surface area contributed by atoms with Crippen LogP contribution >= 0.6 is 0 Å². The summed E-state index contributed by atoms with van der Waals surface area (Å²) in [6.07, 6.45) is 4.85. The lowest BCUT2D eigenvalue weighted by molar-refractivity contribution is -0.130. The summed E-state index contributed by atoms with van der Waals surface area (Å²) in [7, 11) is 0. The van der Waals surface area contributed by atoms with E-state index in [1.54, 1.807) is 11.9 Å². The monoisotopic (exact) mass is 210 g/mol. The summed E-state index contributed by atoms with van der Waals surface area (Å²) in [5.74, 6) is 0.959. The average Bonchev–Trinajstić information content (AvgIpc) is 2.40. The van der Waals surface area contributed by atoms with Gasteiger partial charge in [-0.15, -0.1) is 0 Å². The van der Waals surface area contributed by atoms with Crippen LogP contribution < -0.4 is 5.43 Å². The number of hydrazine groups is 1. The van der Waals surface area contributed by atoms with E-state index in [0.29, 0.717) is 31.3 Å². The zero-order valence-electron chi connectivity index (χ0n) is 9.16. The Bertz CT molecular complexity index is 274. The SMILES string of the molecule is CC(=O)CCN1NC(C2CCC2)CC1=O. The maximum atomic E-state index is 11.6. The fourth-order valence-electron chi connectivity index (χ4n) is 2.19. The molecule has 1 aliphatic heterocycles. The highest BCUT2D eigenvalue weighted by Crippen LogP contribution is 2.33. The van der Waals surface area contributed by atoms with E-state index < -0.39 is 0 Å². The lowest BCUT2D eigenvalue weighted by atomic mass is 9.79. The van der Waals surface area contributed by atoms with Crippen LogP contribution in [-0.4, -0.2) is 29.3 Å². The topological polar surface area (TPSA) is 49.4 Å². The van der Waals surface area contributed by atoms with Crippen LogP contribution in [0.3, 0.4) is 0 Å². The molecule has 1 saturated carbocycles. The number of amides is 1. The molecule has 2 rings (SSSR count). The Morgan fingerprint density at radius 3 is 2.80 bits per heavy atom. The molecule has 2 aliphatic rings. The molecular weight excluding hydrogens is 192 g/mol. The van der Waals surface area contributed by atoms with Gasteiger partial charge in [0.15, 0.2) is 0 Å². The fourth-order valence-corrected chi connectivity index (χ4v) is 2.19. The van der Waals surface area contributed by atoms with Gasteiger partial charge >= 0.3 is 0 Å². The minimum absolute atomic E-state index is 0.136. The molecule has 1 amide bonds. The summed E-state index contributed by atoms with van der Waals surface area (Å²) < 4.78 is 0. The molecule has 15 heavy (non-hydrogen) atoms. The first-order valence-corrected chi connectivity index (χ1v) is 5.73. The van der Waals surface area contributed by atoms with Crippen LogP contribution in [0, 0.1) is 5.92 Å². The Labute approximate surface area is 90.0 Å². The van der Waals surface area contributed by atoms with Crippen molar-refractivity contribution in [1.82, 2.24) is 10.4 Å². The molecule has 0 radical (unpaired) electrons. The van der Waals surface area contributed by atoms with E-state index in [-0.39, 0.29) is 11.7 Å². The van der Waals surface area contributed by atoms with Gasteiger partial charge in [-0.05, 0) is 25.7 Å². The molecule has 0 spiro atoms. The van der Waals surface area contributed by atoms with Crippen molar-refractivity contribution in [3.05, 3.63) is 0 Å². The Morgan fingerprint density at radius 2 is 2.27 bits per heavy atom. The number of ketones is 1. The van der Waals surface area contributed by atoms with Gasteiger partial charge in [-0.2, -0.15) is 0 Å². The molecule has 0 aromatic rings. The fraction of sp³-hybridized carbons (Fsp3) is 0.818. The van der Waals surface area contributed by atoms with Crippen LogP contribution in [0.25, 0.3) is 0 Å². The number of nitrogens with one attached hydrogen (secondary N) is 1. The van der Waals surface area contributed by atoms with E-state index in [2.05, 4.69) is 5.43 Å². The van der Waals surface area contributed by atoms with Crippen molar-refractivity contribution in [3.63, 3.8) is 0 Å². The van der Waals surface area contributed by atoms with Gasteiger partial charge in [-0.3, -0.25) is 14.6 Å². The zero-order chi connectivity index (χ0) is 10.8. The number of carbonyl (C=O) groups is 2. The summed E-state index contributed by atoms with van der Waals surface area (Å²) in [6.45, 7) is 2.08. The lowest BCUT2D eigenvalue weighted by Crippen LogP contribution is -2.42. The summed E-state index contributed by atoms with van der Waals surface area (Å²) in [6, 6.07) is 0.332. The minimum Gasteiger partial charge on any atom is -0.300 e. The largest absolute Gasteiger partial charge is 0.300 e. The van der Waals surface area contributed by atoms with E-state index in [1.807, 2.05) is 0 Å². The van der Waals surface area contributed by atoms with Crippen LogP contribution in [0.15, 0.2) is 0 Å². The zero-order valence-corrected chi connectivity index (χ0v) is 9.16. The molecule has 1 atom stereocenters. The number of carbonyl (C=O) groups excluding carboxylic acids is 2. The molecule has 1 unspecified atom stereocenters. The van der Waals surface area contributed by atoms with Gasteiger partial charge in [0.2, 0.25) is 5.91 Å². The average molecular weight is 210 g/mol. The minimum atomic E-state index is 0.136. The van der Waals surface area contributed by atoms with Crippen molar-refractivity contribution in [1.29, 1.82) is 0 Å². The third-order valence-electron chi connectivity index (χ3n) is 3.42. The normalized spacial score (nSPS) is 26.9. The van der Waals surface area contributed by atoms with Crippen LogP contribution in [0.2, 0.25) is 0 Å². The summed E-state index contributed by atoms with van der Waals surface area (Å²) in [5.41, 5.74) is 3.23. The van der Waals surface area contributed by atoms with Gasteiger partial charge < -0.3 is 0 Å². The first-order chi connectivity index (χ1) is 7.16. The maximum Gasteiger partial charge on any atom is 0.238 e. The summed E-state index contributed by atoms with van der Waals surface area (Å²) >= 11 is 0. The number of hydrogen-bond acceptors (Lipinski definition) is 3. The van der Waals surface area contributed by atoms with Crippen molar-refractivity contribution in [3.8, 4) is 0 Å². The Morgan fingerprint density at radius 1 is 1.53 bits per heavy atom. The Hall–Kier alpha value is -0.900. The molecule has 1 aliphatic carbocycles. The van der Waals surface area contributed by atoms with Crippen LogP contribution in [0.1, 0.15) is 39.0 Å². The van der Waals surface area contributed by atoms with E-state index in [9.17, 15) is 9.59 Å². The smallest absolute Gasteiger partial charge is 0.238 e. The van der Waals surface area contributed by atoms with Gasteiger partial charge in [0.25, 0.3) is 0 Å². The van der Waals surface area contributed by atoms with Gasteiger partial charge in [-0.1, -0.05) is 6.42 Å². The molecule has 1 N–H and O–H groups in total. The summed E-state index contributed by atoms with van der Waals surface area (Å²) in [5, 5.41) is 1.63. The molecule has 4 nitrogen and oxygen atoms in total. The molecule has 0 aromatic heterocycles. The second-order valence-corrected chi connectivity index (χ2v) is 4.63. The highest BCUT2D eigenvalue weighted by atomic mass is 16.2. The quantitative estimate of drug-likeness (QED) is 0.749. The van der Waals surface area contributed by atoms with Crippen molar-refractivity contribution >= 4 is 11.7 Å². The molecule has 4 heteroatoms. The van der Waals surface area contributed by atoms with E-state index in [4.69, 9.17) is 0 Å². The molecule has 84 valence electrons. The lowest BCUT2D eigenvalue weighted by Gasteiger charge is -2.31. The van der Waals surface area contributed by atoms with Gasteiger partial charge in [0.1, 0.15) is 5.78 Å². The van der Waals surface area contributed by atoms with Crippen molar-refractivity contribution in [2.45, 2.75) is 45.1 Å². The van der Waals surface area contributed by atoms with Gasteiger partial charge in [-0.25, -0.2) is 5.43 Å². The van der Waals surface area contributed by atoms with Crippen LogP contribution in [0.5, 0.6) is 0 Å². The van der Waals surface area contributed by atoms with Crippen molar-refractivity contribution in [2.24, 2.45) is 5.92 Å².